The van der Waals surface area contributed by atoms with Gasteiger partial charge in [-0.2, -0.15) is 9.61 Å². The maximum absolute atomic E-state index is 15.3. The number of carbonyl (C=O) groups excluding carboxylic acids is 1. The Labute approximate surface area is 241 Å². The number of nitrogens with one attached hydrogen (secondary N) is 2. The van der Waals surface area contributed by atoms with Gasteiger partial charge in [0.25, 0.3) is 0 Å². The molecule has 4 atom stereocenters. The molecule has 4 N–H and O–H groups in total. The molecule has 8 nitrogen and oxygen atoms in total. The molecule has 6 rings (SSSR count). The van der Waals surface area contributed by atoms with E-state index in [9.17, 15) is 4.79 Å². The molecule has 42 heavy (non-hydrogen) atoms. The second-order valence-electron chi connectivity index (χ2n) is 11.7. The predicted molar refractivity (Wildman–Crippen MR) is 154 cm³/mol. The first-order valence-corrected chi connectivity index (χ1v) is 14.4. The molecule has 3 heterocycles. The molecule has 2 saturated carbocycles. The number of fused-ring (bicyclic) bond motifs is 1. The van der Waals surface area contributed by atoms with E-state index >= 15 is 13.2 Å². The van der Waals surface area contributed by atoms with Crippen LogP contribution in [0.25, 0.3) is 16.8 Å². The maximum atomic E-state index is 15.3. The van der Waals surface area contributed by atoms with Crippen LogP contribution in [0.5, 0.6) is 0 Å². The Morgan fingerprint density at radius 3 is 2.52 bits per heavy atom. The number of aromatic nitrogens is 4. The molecular weight excluding hydrogens is 543 g/mol. The standard InChI is InChI=1S/C31H34F3N7O/c1-17-11-19(12-25(35)29(17)38-18(2)42)22-7-10-36-16-27(22)39-30-37-15-21-5-6-26(40-41(21)30)28-23(32)13-20(14-24(28)33)31(34)8-3-4-9-31/h5-7,10,13-17,19,25,29H,3-4,8-9,11-12,35H2,1-2H3,(H,37,39)(H,38,42). The predicted octanol–water partition coefficient (Wildman–Crippen LogP) is 5.90. The molecule has 1 aromatic carbocycles. The minimum absolute atomic E-state index is 0.0362. The summed E-state index contributed by atoms with van der Waals surface area (Å²) >= 11 is 0. The Bertz CT molecular complexity index is 1600. The summed E-state index contributed by atoms with van der Waals surface area (Å²) in [4.78, 5) is 20.4. The fraction of sp³-hybridized carbons (Fsp3) is 0.419. The summed E-state index contributed by atoms with van der Waals surface area (Å²) in [6, 6.07) is 7.02. The van der Waals surface area contributed by atoms with E-state index in [0.717, 1.165) is 24.1 Å². The van der Waals surface area contributed by atoms with Gasteiger partial charge in [-0.1, -0.05) is 6.92 Å². The zero-order valence-corrected chi connectivity index (χ0v) is 23.6. The number of rotatable bonds is 6. The molecule has 2 aliphatic carbocycles. The molecule has 0 aliphatic heterocycles. The van der Waals surface area contributed by atoms with Gasteiger partial charge in [0, 0.05) is 25.2 Å². The third-order valence-corrected chi connectivity index (χ3v) is 8.79. The van der Waals surface area contributed by atoms with Crippen molar-refractivity contribution in [2.75, 3.05) is 5.32 Å². The minimum Gasteiger partial charge on any atom is -0.352 e. The third kappa shape index (κ3) is 5.21. The van der Waals surface area contributed by atoms with Gasteiger partial charge in [-0.15, -0.1) is 0 Å². The van der Waals surface area contributed by atoms with Gasteiger partial charge in [0.15, 0.2) is 0 Å². The Kier molecular flexibility index (Phi) is 7.38. The Morgan fingerprint density at radius 2 is 1.83 bits per heavy atom. The van der Waals surface area contributed by atoms with Gasteiger partial charge in [-0.3, -0.25) is 9.78 Å². The van der Waals surface area contributed by atoms with Gasteiger partial charge in [-0.05, 0) is 91.8 Å². The lowest BCUT2D eigenvalue weighted by molar-refractivity contribution is -0.120. The van der Waals surface area contributed by atoms with Gasteiger partial charge in [0.1, 0.15) is 17.3 Å². The first-order valence-electron chi connectivity index (χ1n) is 14.4. The lowest BCUT2D eigenvalue weighted by atomic mass is 9.73. The third-order valence-electron chi connectivity index (χ3n) is 8.79. The molecule has 1 amide bonds. The van der Waals surface area contributed by atoms with Gasteiger partial charge in [0.2, 0.25) is 11.9 Å². The number of nitrogens with zero attached hydrogens (tertiary/aromatic N) is 4. The van der Waals surface area contributed by atoms with E-state index < -0.39 is 17.3 Å². The number of hydrogen-bond acceptors (Lipinski definition) is 6. The average molecular weight is 578 g/mol. The minimum atomic E-state index is -1.70. The summed E-state index contributed by atoms with van der Waals surface area (Å²) in [5.74, 6) is -1.19. The molecule has 220 valence electrons. The van der Waals surface area contributed by atoms with E-state index in [1.807, 2.05) is 6.07 Å². The highest BCUT2D eigenvalue weighted by atomic mass is 19.1. The van der Waals surface area contributed by atoms with Crippen molar-refractivity contribution in [2.45, 2.75) is 76.0 Å². The van der Waals surface area contributed by atoms with Crippen LogP contribution in [0.2, 0.25) is 0 Å². The molecule has 4 unspecified atom stereocenters. The van der Waals surface area contributed by atoms with Crippen molar-refractivity contribution in [3.63, 3.8) is 0 Å². The number of hydrogen-bond donors (Lipinski definition) is 3. The van der Waals surface area contributed by atoms with Crippen LogP contribution in [-0.2, 0) is 10.5 Å². The van der Waals surface area contributed by atoms with Crippen LogP contribution in [0.3, 0.4) is 0 Å². The summed E-state index contributed by atoms with van der Waals surface area (Å²) in [5.41, 5.74) is 6.90. The van der Waals surface area contributed by atoms with Crippen LogP contribution >= 0.6 is 0 Å². The van der Waals surface area contributed by atoms with E-state index in [0.29, 0.717) is 36.4 Å². The fourth-order valence-corrected chi connectivity index (χ4v) is 6.71. The SMILES string of the molecule is CC(=O)NC1C(C)CC(c2ccncc2Nc2ncc3ccc(-c4c(F)cc(C5(F)CCCC5)cc4F)nn23)CC1N. The topological polar surface area (TPSA) is 110 Å². The van der Waals surface area contributed by atoms with E-state index in [1.165, 1.54) is 17.5 Å². The maximum Gasteiger partial charge on any atom is 0.229 e. The summed E-state index contributed by atoms with van der Waals surface area (Å²) in [6.07, 6.45) is 8.43. The van der Waals surface area contributed by atoms with Crippen LogP contribution in [0, 0.1) is 17.6 Å². The van der Waals surface area contributed by atoms with E-state index in [-0.39, 0.29) is 59.5 Å². The molecule has 11 heteroatoms. The lowest BCUT2D eigenvalue weighted by Gasteiger charge is -2.39. The van der Waals surface area contributed by atoms with E-state index in [4.69, 9.17) is 5.73 Å². The molecule has 2 aliphatic rings. The molecule has 0 bridgehead atoms. The van der Waals surface area contributed by atoms with Crippen LogP contribution in [0.1, 0.15) is 69.4 Å². The number of imidazole rings is 1. The number of halogens is 3. The highest BCUT2D eigenvalue weighted by Gasteiger charge is 2.37. The van der Waals surface area contributed by atoms with Crippen LogP contribution < -0.4 is 16.4 Å². The van der Waals surface area contributed by atoms with Crippen molar-refractivity contribution in [1.29, 1.82) is 0 Å². The molecule has 0 radical (unpaired) electrons. The first-order chi connectivity index (χ1) is 20.1. The molecule has 0 saturated heterocycles. The lowest BCUT2D eigenvalue weighted by Crippen LogP contribution is -2.54. The van der Waals surface area contributed by atoms with Gasteiger partial charge in [0.05, 0.1) is 34.9 Å². The monoisotopic (exact) mass is 577 g/mol. The number of amides is 1. The summed E-state index contributed by atoms with van der Waals surface area (Å²) in [5, 5.41) is 10.8. The smallest absolute Gasteiger partial charge is 0.229 e. The zero-order valence-electron chi connectivity index (χ0n) is 23.6. The van der Waals surface area contributed by atoms with Crippen LogP contribution in [0.4, 0.5) is 24.8 Å². The second-order valence-corrected chi connectivity index (χ2v) is 11.7. The number of anilines is 2. The summed E-state index contributed by atoms with van der Waals surface area (Å²) < 4.78 is 47.3. The highest BCUT2D eigenvalue weighted by molar-refractivity contribution is 5.73. The van der Waals surface area contributed by atoms with Crippen molar-refractivity contribution in [3.8, 4) is 11.3 Å². The number of nitrogens with two attached hydrogens (primary N) is 1. The van der Waals surface area contributed by atoms with Crippen molar-refractivity contribution < 1.29 is 18.0 Å². The molecular formula is C31H34F3N7O. The second kappa shape index (κ2) is 11.0. The van der Waals surface area contributed by atoms with Gasteiger partial charge in [-0.25, -0.2) is 18.2 Å². The molecule has 4 aromatic rings. The molecule has 3 aromatic heterocycles. The Hall–Kier alpha value is -3.99. The van der Waals surface area contributed by atoms with Crippen LogP contribution in [-0.4, -0.2) is 37.6 Å². The van der Waals surface area contributed by atoms with Crippen molar-refractivity contribution in [1.82, 2.24) is 24.9 Å². The highest BCUT2D eigenvalue weighted by Crippen LogP contribution is 2.44. The number of benzene rings is 1. The van der Waals surface area contributed by atoms with Crippen molar-refractivity contribution >= 4 is 23.1 Å². The molecule has 0 spiro atoms. The summed E-state index contributed by atoms with van der Waals surface area (Å²) in [7, 11) is 0. The Balaban J connectivity index is 1.30. The number of pyridine rings is 1. The van der Waals surface area contributed by atoms with Crippen molar-refractivity contribution in [2.24, 2.45) is 11.7 Å². The summed E-state index contributed by atoms with van der Waals surface area (Å²) in [6.45, 7) is 3.58. The quantitative estimate of drug-likeness (QED) is 0.263. The average Bonchev–Trinajstić information content (AvgIpc) is 3.57. The van der Waals surface area contributed by atoms with E-state index in [2.05, 4.69) is 32.6 Å². The zero-order chi connectivity index (χ0) is 29.6. The number of carbonyl (C=O) groups is 1. The largest absolute Gasteiger partial charge is 0.352 e. The van der Waals surface area contributed by atoms with E-state index in [1.54, 1.807) is 24.7 Å². The Morgan fingerprint density at radius 1 is 1.10 bits per heavy atom. The normalized spacial score (nSPS) is 23.7. The fourth-order valence-electron chi connectivity index (χ4n) is 6.71. The van der Waals surface area contributed by atoms with Gasteiger partial charge < -0.3 is 16.4 Å². The van der Waals surface area contributed by atoms with Crippen LogP contribution in [0.15, 0.2) is 48.9 Å². The van der Waals surface area contributed by atoms with Gasteiger partial charge >= 0.3 is 0 Å². The molecule has 2 fully saturated rings. The number of alkyl halides is 1. The van der Waals surface area contributed by atoms with Crippen molar-refractivity contribution in [3.05, 3.63) is 71.7 Å². The first kappa shape index (κ1) is 28.1.